The molecular weight excluding hydrogens is 482 g/mol. The number of halogens is 6. The molecule has 6 nitrogen and oxygen atoms in total. The molecule has 1 unspecified atom stereocenters. The summed E-state index contributed by atoms with van der Waals surface area (Å²) >= 11 is 0. The van der Waals surface area contributed by atoms with Gasteiger partial charge in [-0.3, -0.25) is 4.79 Å². The first kappa shape index (κ1) is 24.8. The number of nitrogens with zero attached hydrogens (tertiary/aromatic N) is 1. The van der Waals surface area contributed by atoms with Gasteiger partial charge >= 0.3 is 6.09 Å². The van der Waals surface area contributed by atoms with E-state index in [1.165, 1.54) is 18.2 Å². The van der Waals surface area contributed by atoms with Gasteiger partial charge in [-0.1, -0.05) is 18.2 Å². The molecule has 35 heavy (non-hydrogen) atoms. The van der Waals surface area contributed by atoms with Gasteiger partial charge in [-0.2, -0.15) is 0 Å². The van der Waals surface area contributed by atoms with Crippen molar-refractivity contribution >= 4 is 12.0 Å². The Bertz CT molecular complexity index is 1110. The fourth-order valence-corrected chi connectivity index (χ4v) is 4.51. The molecule has 2 heterocycles. The Morgan fingerprint density at radius 3 is 2.57 bits per heavy atom. The number of hydrogen-bond acceptors (Lipinski definition) is 4. The van der Waals surface area contributed by atoms with Gasteiger partial charge in [-0.15, -0.1) is 0 Å². The number of alkyl halides is 3. The Morgan fingerprint density at radius 2 is 1.91 bits per heavy atom. The van der Waals surface area contributed by atoms with Crippen molar-refractivity contribution in [2.24, 2.45) is 0 Å². The number of amides is 2. The number of carbonyl (C=O) groups is 2. The summed E-state index contributed by atoms with van der Waals surface area (Å²) in [7, 11) is 0. The molecule has 2 fully saturated rings. The lowest BCUT2D eigenvalue weighted by Gasteiger charge is -2.41. The highest BCUT2D eigenvalue weighted by Crippen LogP contribution is 2.36. The highest BCUT2D eigenvalue weighted by molar-refractivity contribution is 5.81. The van der Waals surface area contributed by atoms with E-state index in [4.69, 9.17) is 4.74 Å². The summed E-state index contributed by atoms with van der Waals surface area (Å²) < 4.78 is 91.2. The fraction of sp³-hybridized carbons (Fsp3) is 0.391. The minimum Gasteiger partial charge on any atom is -0.443 e. The zero-order valence-corrected chi connectivity index (χ0v) is 18.1. The SMILES string of the molecule is O=C1N[C@]2(CCN(C(=O)OCC(F)F)[C@H]2Cc2cccc(-c3cc(F)cc(F)c3)c2F)COC1F. The van der Waals surface area contributed by atoms with Crippen LogP contribution in [0.1, 0.15) is 12.0 Å². The van der Waals surface area contributed by atoms with Crippen LogP contribution in [0.3, 0.4) is 0 Å². The Kier molecular flexibility index (Phi) is 6.93. The molecule has 188 valence electrons. The fourth-order valence-electron chi connectivity index (χ4n) is 4.51. The molecule has 0 aromatic heterocycles. The molecule has 4 rings (SSSR count). The molecule has 3 atom stereocenters. The predicted molar refractivity (Wildman–Crippen MR) is 110 cm³/mol. The summed E-state index contributed by atoms with van der Waals surface area (Å²) in [6.07, 6.45) is -6.46. The van der Waals surface area contributed by atoms with Gasteiger partial charge < -0.3 is 19.7 Å². The summed E-state index contributed by atoms with van der Waals surface area (Å²) in [6, 6.07) is 5.60. The van der Waals surface area contributed by atoms with Crippen LogP contribution in [0.25, 0.3) is 11.1 Å². The van der Waals surface area contributed by atoms with Crippen molar-refractivity contribution in [3.63, 3.8) is 0 Å². The number of hydrogen-bond donors (Lipinski definition) is 1. The van der Waals surface area contributed by atoms with E-state index < -0.39 is 60.4 Å². The van der Waals surface area contributed by atoms with Crippen LogP contribution in [0.4, 0.5) is 31.1 Å². The molecular formula is C23H20F6N2O4. The van der Waals surface area contributed by atoms with Gasteiger partial charge in [0.1, 0.15) is 17.5 Å². The minimum absolute atomic E-state index is 0.00160. The van der Waals surface area contributed by atoms with Crippen molar-refractivity contribution in [3.05, 3.63) is 59.4 Å². The Morgan fingerprint density at radius 1 is 1.20 bits per heavy atom. The maximum Gasteiger partial charge on any atom is 0.410 e. The van der Waals surface area contributed by atoms with Crippen molar-refractivity contribution in [3.8, 4) is 11.1 Å². The van der Waals surface area contributed by atoms with Crippen LogP contribution in [0.2, 0.25) is 0 Å². The summed E-state index contributed by atoms with van der Waals surface area (Å²) in [4.78, 5) is 25.6. The van der Waals surface area contributed by atoms with Crippen LogP contribution in [-0.2, 0) is 20.7 Å². The van der Waals surface area contributed by atoms with Crippen molar-refractivity contribution in [2.75, 3.05) is 19.8 Å². The molecule has 2 aromatic carbocycles. The van der Waals surface area contributed by atoms with Crippen LogP contribution in [0.15, 0.2) is 36.4 Å². The minimum atomic E-state index is -2.92. The van der Waals surface area contributed by atoms with E-state index in [-0.39, 0.29) is 42.7 Å². The molecule has 2 saturated heterocycles. The Hall–Kier alpha value is -3.28. The van der Waals surface area contributed by atoms with E-state index >= 15 is 4.39 Å². The van der Waals surface area contributed by atoms with Crippen LogP contribution in [0.5, 0.6) is 0 Å². The molecule has 1 N–H and O–H groups in total. The highest BCUT2D eigenvalue weighted by Gasteiger charge is 2.54. The van der Waals surface area contributed by atoms with Crippen molar-refractivity contribution in [1.82, 2.24) is 10.2 Å². The number of likely N-dealkylation sites (tertiary alicyclic amines) is 1. The van der Waals surface area contributed by atoms with Gasteiger partial charge in [0.15, 0.2) is 6.61 Å². The Balaban J connectivity index is 1.68. The molecule has 1 spiro atoms. The molecule has 0 aliphatic carbocycles. The van der Waals surface area contributed by atoms with Crippen LogP contribution < -0.4 is 5.32 Å². The van der Waals surface area contributed by atoms with E-state index in [2.05, 4.69) is 10.1 Å². The quantitative estimate of drug-likeness (QED) is 0.629. The summed E-state index contributed by atoms with van der Waals surface area (Å²) in [5.41, 5.74) is -1.52. The lowest BCUT2D eigenvalue weighted by atomic mass is 9.85. The standard InChI is InChI=1S/C23H20F6N2O4/c24-14-6-13(7-15(25)9-14)16-3-1-2-12(19(16)28)8-17-23(11-35-20(29)21(32)30-23)4-5-31(17)22(33)34-10-18(26)27/h1-3,6-7,9,17-18,20H,4-5,8,10-11H2,(H,30,32)/t17-,20?,23+/m0/s1. The van der Waals surface area contributed by atoms with E-state index in [0.717, 1.165) is 17.0 Å². The molecule has 2 aromatic rings. The third-order valence-corrected chi connectivity index (χ3v) is 6.11. The number of morpholine rings is 1. The number of carbonyl (C=O) groups excluding carboxylic acids is 2. The first-order valence-electron chi connectivity index (χ1n) is 10.6. The van der Waals surface area contributed by atoms with E-state index in [1.807, 2.05) is 0 Å². The van der Waals surface area contributed by atoms with Gasteiger partial charge in [0, 0.05) is 18.2 Å². The van der Waals surface area contributed by atoms with Crippen LogP contribution in [-0.4, -0.2) is 61.0 Å². The monoisotopic (exact) mass is 502 g/mol. The smallest absolute Gasteiger partial charge is 0.410 e. The average molecular weight is 502 g/mol. The molecule has 0 saturated carbocycles. The topological polar surface area (TPSA) is 67.9 Å². The second-order valence-corrected chi connectivity index (χ2v) is 8.34. The molecule has 0 bridgehead atoms. The molecule has 2 amide bonds. The van der Waals surface area contributed by atoms with E-state index in [1.54, 1.807) is 0 Å². The zero-order valence-electron chi connectivity index (χ0n) is 18.1. The molecule has 2 aliphatic rings. The third kappa shape index (κ3) is 5.07. The Labute approximate surface area is 195 Å². The van der Waals surface area contributed by atoms with Crippen molar-refractivity contribution < 1.29 is 45.4 Å². The van der Waals surface area contributed by atoms with Gasteiger partial charge in [0.25, 0.3) is 18.7 Å². The molecule has 0 radical (unpaired) electrons. The van der Waals surface area contributed by atoms with Gasteiger partial charge in [0.2, 0.25) is 0 Å². The first-order chi connectivity index (χ1) is 16.6. The second kappa shape index (κ2) is 9.76. The van der Waals surface area contributed by atoms with Crippen LogP contribution in [0, 0.1) is 17.5 Å². The third-order valence-electron chi connectivity index (χ3n) is 6.11. The van der Waals surface area contributed by atoms with Crippen LogP contribution >= 0.6 is 0 Å². The lowest BCUT2D eigenvalue weighted by Crippen LogP contribution is -2.65. The largest absolute Gasteiger partial charge is 0.443 e. The van der Waals surface area contributed by atoms with Gasteiger partial charge in [0.05, 0.1) is 18.2 Å². The number of nitrogens with one attached hydrogen (secondary N) is 1. The summed E-state index contributed by atoms with van der Waals surface area (Å²) in [5.74, 6) is -3.74. The number of benzene rings is 2. The van der Waals surface area contributed by atoms with Gasteiger partial charge in [-0.25, -0.2) is 31.1 Å². The average Bonchev–Trinajstić information content (AvgIpc) is 3.13. The zero-order chi connectivity index (χ0) is 25.3. The predicted octanol–water partition coefficient (Wildman–Crippen LogP) is 3.97. The first-order valence-corrected chi connectivity index (χ1v) is 10.6. The molecule has 2 aliphatic heterocycles. The maximum absolute atomic E-state index is 15.5. The van der Waals surface area contributed by atoms with E-state index in [9.17, 15) is 31.5 Å². The molecule has 12 heteroatoms. The van der Waals surface area contributed by atoms with E-state index in [0.29, 0.717) is 6.07 Å². The number of rotatable bonds is 5. The second-order valence-electron chi connectivity index (χ2n) is 8.34. The summed E-state index contributed by atoms with van der Waals surface area (Å²) in [5, 5.41) is 2.48. The maximum atomic E-state index is 15.5. The summed E-state index contributed by atoms with van der Waals surface area (Å²) in [6.45, 7) is -1.59. The van der Waals surface area contributed by atoms with Crippen molar-refractivity contribution in [1.29, 1.82) is 0 Å². The lowest BCUT2D eigenvalue weighted by molar-refractivity contribution is -0.163. The normalized spacial score (nSPS) is 24.2. The number of ether oxygens (including phenoxy) is 2. The van der Waals surface area contributed by atoms with Crippen molar-refractivity contribution in [2.45, 2.75) is 37.2 Å². The highest BCUT2D eigenvalue weighted by atomic mass is 19.3. The van der Waals surface area contributed by atoms with Gasteiger partial charge in [-0.05, 0) is 36.1 Å².